The van der Waals surface area contributed by atoms with Crippen molar-refractivity contribution in [1.82, 2.24) is 15.3 Å². The van der Waals surface area contributed by atoms with Crippen LogP contribution in [0.1, 0.15) is 11.1 Å². The molecule has 0 aromatic carbocycles. The second-order valence-electron chi connectivity index (χ2n) is 5.18. The summed E-state index contributed by atoms with van der Waals surface area (Å²) in [4.78, 5) is 32.2. The third kappa shape index (κ3) is 4.07. The van der Waals surface area contributed by atoms with E-state index in [4.69, 9.17) is 0 Å². The van der Waals surface area contributed by atoms with Crippen molar-refractivity contribution in [3.8, 4) is 0 Å². The Hall–Kier alpha value is -2.41. The fourth-order valence-corrected chi connectivity index (χ4v) is 3.11. The van der Waals surface area contributed by atoms with Crippen LogP contribution in [0.25, 0.3) is 0 Å². The average molecular weight is 328 g/mol. The van der Waals surface area contributed by atoms with Gasteiger partial charge in [0.05, 0.1) is 5.75 Å². The Labute approximate surface area is 138 Å². The zero-order valence-corrected chi connectivity index (χ0v) is 13.2. The molecular formula is C16H16N4O2S. The van der Waals surface area contributed by atoms with Crippen LogP contribution >= 0.6 is 11.8 Å². The van der Waals surface area contributed by atoms with Crippen molar-refractivity contribution in [2.75, 3.05) is 11.1 Å². The summed E-state index contributed by atoms with van der Waals surface area (Å²) in [5, 5.41) is 5.50. The Morgan fingerprint density at radius 2 is 2.22 bits per heavy atom. The first-order chi connectivity index (χ1) is 11.2. The van der Waals surface area contributed by atoms with Gasteiger partial charge in [0, 0.05) is 30.8 Å². The van der Waals surface area contributed by atoms with Crippen LogP contribution in [-0.2, 0) is 21.8 Å². The lowest BCUT2D eigenvalue weighted by molar-refractivity contribution is -0.125. The molecular weight excluding hydrogens is 312 g/mol. The predicted octanol–water partition coefficient (Wildman–Crippen LogP) is 1.39. The largest absolute Gasteiger partial charge is 0.343 e. The molecule has 3 rings (SSSR count). The van der Waals surface area contributed by atoms with Crippen molar-refractivity contribution in [2.45, 2.75) is 18.2 Å². The van der Waals surface area contributed by atoms with Crippen molar-refractivity contribution in [2.24, 2.45) is 0 Å². The van der Waals surface area contributed by atoms with E-state index in [1.165, 1.54) is 11.8 Å². The molecule has 2 N–H and O–H groups in total. The first kappa shape index (κ1) is 15.5. The highest BCUT2D eigenvalue weighted by Crippen LogP contribution is 2.19. The van der Waals surface area contributed by atoms with Crippen LogP contribution in [0.2, 0.25) is 0 Å². The maximum atomic E-state index is 12.0. The molecule has 6 nitrogen and oxygen atoms in total. The number of anilines is 1. The van der Waals surface area contributed by atoms with Gasteiger partial charge in [-0.25, -0.2) is 4.98 Å². The van der Waals surface area contributed by atoms with Crippen LogP contribution in [0, 0.1) is 0 Å². The van der Waals surface area contributed by atoms with Crippen molar-refractivity contribution in [3.63, 3.8) is 0 Å². The molecule has 0 saturated heterocycles. The fraction of sp³-hybridized carbons (Fsp3) is 0.250. The molecule has 1 atom stereocenters. The van der Waals surface area contributed by atoms with Crippen LogP contribution in [0.3, 0.4) is 0 Å². The van der Waals surface area contributed by atoms with Gasteiger partial charge in [-0.1, -0.05) is 12.1 Å². The number of nitrogens with one attached hydrogen (secondary N) is 2. The van der Waals surface area contributed by atoms with Gasteiger partial charge < -0.3 is 10.6 Å². The van der Waals surface area contributed by atoms with Gasteiger partial charge in [-0.15, -0.1) is 11.8 Å². The Kier molecular flexibility index (Phi) is 4.87. The first-order valence-electron chi connectivity index (χ1n) is 7.23. The van der Waals surface area contributed by atoms with E-state index in [1.54, 1.807) is 18.6 Å². The molecule has 3 heterocycles. The number of aromatic nitrogens is 2. The summed E-state index contributed by atoms with van der Waals surface area (Å²) in [6.07, 6.45) is 5.60. The van der Waals surface area contributed by atoms with Crippen LogP contribution in [-0.4, -0.2) is 33.6 Å². The Balaban J connectivity index is 1.49. The van der Waals surface area contributed by atoms with Gasteiger partial charge in [0.15, 0.2) is 0 Å². The number of rotatable bonds is 5. The molecule has 0 aliphatic carbocycles. The second-order valence-corrected chi connectivity index (χ2v) is 6.16. The van der Waals surface area contributed by atoms with E-state index in [1.807, 2.05) is 24.3 Å². The van der Waals surface area contributed by atoms with Gasteiger partial charge in [0.25, 0.3) is 0 Å². The molecule has 1 aliphatic heterocycles. The third-order valence-electron chi connectivity index (χ3n) is 3.43. The summed E-state index contributed by atoms with van der Waals surface area (Å²) in [5.41, 5.74) is 2.00. The molecule has 1 aliphatic rings. The smallest absolute Gasteiger partial charge is 0.248 e. The summed E-state index contributed by atoms with van der Waals surface area (Å²) < 4.78 is 0. The zero-order chi connectivity index (χ0) is 16.1. The van der Waals surface area contributed by atoms with E-state index >= 15 is 0 Å². The van der Waals surface area contributed by atoms with Gasteiger partial charge in [-0.2, -0.15) is 0 Å². The minimum Gasteiger partial charge on any atom is -0.343 e. The van der Waals surface area contributed by atoms with Crippen LogP contribution in [0.4, 0.5) is 5.82 Å². The summed E-state index contributed by atoms with van der Waals surface area (Å²) in [6.45, 7) is 0. The molecule has 118 valence electrons. The maximum absolute atomic E-state index is 12.0. The third-order valence-corrected chi connectivity index (χ3v) is 4.44. The molecule has 2 aromatic rings. The Bertz CT molecular complexity index is 708. The van der Waals surface area contributed by atoms with E-state index in [0.29, 0.717) is 23.7 Å². The predicted molar refractivity (Wildman–Crippen MR) is 88.9 cm³/mol. The summed E-state index contributed by atoms with van der Waals surface area (Å²) in [5.74, 6) is 1.23. The number of hydrogen-bond donors (Lipinski definition) is 2. The lowest BCUT2D eigenvalue weighted by Gasteiger charge is -2.24. The quantitative estimate of drug-likeness (QED) is 0.866. The van der Waals surface area contributed by atoms with E-state index in [2.05, 4.69) is 20.6 Å². The monoisotopic (exact) mass is 328 g/mol. The van der Waals surface area contributed by atoms with Crippen molar-refractivity contribution in [3.05, 3.63) is 54.0 Å². The molecule has 1 unspecified atom stereocenters. The molecule has 0 spiro atoms. The number of hydrogen-bond acceptors (Lipinski definition) is 5. The van der Waals surface area contributed by atoms with E-state index in [9.17, 15) is 9.59 Å². The van der Waals surface area contributed by atoms with E-state index in [0.717, 1.165) is 11.1 Å². The number of nitrogens with zero attached hydrogens (tertiary/aromatic N) is 2. The van der Waals surface area contributed by atoms with Crippen LogP contribution < -0.4 is 10.6 Å². The van der Waals surface area contributed by atoms with E-state index < -0.39 is 6.04 Å². The number of carbonyl (C=O) groups is 2. The second kappa shape index (κ2) is 7.23. The minimum atomic E-state index is -0.543. The molecule has 2 amide bonds. The standard InChI is InChI=1S/C16H16N4O2S/c21-14(10-23-9-11-3-1-5-17-8-11)19-13-7-12-4-2-6-18-15(12)20-16(13)22/h1-6,8,13H,7,9-10H2,(H,19,21)(H,18,20,22). The summed E-state index contributed by atoms with van der Waals surface area (Å²) in [7, 11) is 0. The number of fused-ring (bicyclic) bond motifs is 1. The van der Waals surface area contributed by atoms with Crippen molar-refractivity contribution < 1.29 is 9.59 Å². The van der Waals surface area contributed by atoms with Gasteiger partial charge in [0.1, 0.15) is 11.9 Å². The lowest BCUT2D eigenvalue weighted by Crippen LogP contribution is -2.48. The number of amides is 2. The normalized spacial score (nSPS) is 16.3. The summed E-state index contributed by atoms with van der Waals surface area (Å²) >= 11 is 1.49. The first-order valence-corrected chi connectivity index (χ1v) is 8.38. The maximum Gasteiger partial charge on any atom is 0.248 e. The summed E-state index contributed by atoms with van der Waals surface area (Å²) in [6, 6.07) is 7.01. The molecule has 0 bridgehead atoms. The minimum absolute atomic E-state index is 0.147. The zero-order valence-electron chi connectivity index (χ0n) is 12.4. The van der Waals surface area contributed by atoms with Crippen molar-refractivity contribution >= 4 is 29.4 Å². The molecule has 0 radical (unpaired) electrons. The van der Waals surface area contributed by atoms with Crippen molar-refractivity contribution in [1.29, 1.82) is 0 Å². The van der Waals surface area contributed by atoms with Gasteiger partial charge in [0.2, 0.25) is 11.8 Å². The molecule has 2 aromatic heterocycles. The molecule has 7 heteroatoms. The topological polar surface area (TPSA) is 84.0 Å². The highest BCUT2D eigenvalue weighted by molar-refractivity contribution is 7.99. The van der Waals surface area contributed by atoms with Gasteiger partial charge >= 0.3 is 0 Å². The van der Waals surface area contributed by atoms with Crippen LogP contribution in [0.15, 0.2) is 42.9 Å². The number of pyridine rings is 2. The average Bonchev–Trinajstić information content (AvgIpc) is 2.56. The lowest BCUT2D eigenvalue weighted by atomic mass is 10.0. The van der Waals surface area contributed by atoms with E-state index in [-0.39, 0.29) is 11.8 Å². The fourth-order valence-electron chi connectivity index (χ4n) is 2.33. The van der Waals surface area contributed by atoms with Crippen LogP contribution in [0.5, 0.6) is 0 Å². The Morgan fingerprint density at radius 1 is 1.35 bits per heavy atom. The molecule has 0 saturated carbocycles. The highest BCUT2D eigenvalue weighted by atomic mass is 32.2. The number of carbonyl (C=O) groups excluding carboxylic acids is 2. The van der Waals surface area contributed by atoms with Gasteiger partial charge in [-0.3, -0.25) is 14.6 Å². The number of thioether (sulfide) groups is 1. The molecule has 0 fully saturated rings. The Morgan fingerprint density at radius 3 is 3.04 bits per heavy atom. The van der Waals surface area contributed by atoms with Gasteiger partial charge in [-0.05, 0) is 23.3 Å². The highest BCUT2D eigenvalue weighted by Gasteiger charge is 2.27. The molecule has 23 heavy (non-hydrogen) atoms. The SMILES string of the molecule is O=C(CSCc1cccnc1)NC1Cc2cccnc2NC1=O.